The van der Waals surface area contributed by atoms with Crippen LogP contribution in [0.1, 0.15) is 47.5 Å². The van der Waals surface area contributed by atoms with Gasteiger partial charge in [-0.1, -0.05) is 25.3 Å². The van der Waals surface area contributed by atoms with E-state index in [-0.39, 0.29) is 12.5 Å². The number of carbonyl (C=O) groups is 2. The monoisotopic (exact) mass is 373 g/mol. The molecule has 3 rings (SSSR count). The van der Waals surface area contributed by atoms with E-state index in [0.717, 1.165) is 44.5 Å². The number of rotatable bonds is 4. The lowest BCUT2D eigenvalue weighted by atomic mass is 10.1. The summed E-state index contributed by atoms with van der Waals surface area (Å²) in [5, 5.41) is 0.671. The number of carbonyl (C=O) groups excluding carboxylic acids is 2. The van der Waals surface area contributed by atoms with E-state index < -0.39 is 5.97 Å². The fraction of sp³-hybridized carbons (Fsp3) is 0.474. The number of esters is 1. The summed E-state index contributed by atoms with van der Waals surface area (Å²) in [5.74, 6) is -0.616. The van der Waals surface area contributed by atoms with Crippen LogP contribution in [0.25, 0.3) is 10.7 Å². The van der Waals surface area contributed by atoms with Gasteiger partial charge < -0.3 is 9.64 Å². The molecular formula is C19H23N3O3S. The second kappa shape index (κ2) is 8.89. The van der Waals surface area contributed by atoms with Gasteiger partial charge in [-0.15, -0.1) is 11.3 Å². The highest BCUT2D eigenvalue weighted by molar-refractivity contribution is 7.17. The summed E-state index contributed by atoms with van der Waals surface area (Å²) < 4.78 is 5.27. The van der Waals surface area contributed by atoms with Crippen molar-refractivity contribution in [2.75, 3.05) is 19.7 Å². The third-order valence-corrected chi connectivity index (χ3v) is 5.56. The summed E-state index contributed by atoms with van der Waals surface area (Å²) in [6, 6.07) is 5.55. The van der Waals surface area contributed by atoms with Crippen molar-refractivity contribution in [3.8, 4) is 10.7 Å². The summed E-state index contributed by atoms with van der Waals surface area (Å²) >= 11 is 1.24. The molecule has 0 N–H and O–H groups in total. The SMILES string of the molecule is Cc1nc(-c2ccccn2)sc1C(=O)OCC(=O)N1CCCCCCC1. The number of amides is 1. The zero-order valence-corrected chi connectivity index (χ0v) is 15.8. The van der Waals surface area contributed by atoms with Crippen LogP contribution in [0.15, 0.2) is 24.4 Å². The first kappa shape index (κ1) is 18.5. The number of hydrogen-bond acceptors (Lipinski definition) is 6. The lowest BCUT2D eigenvalue weighted by Gasteiger charge is -2.24. The van der Waals surface area contributed by atoms with Gasteiger partial charge >= 0.3 is 5.97 Å². The number of nitrogens with zero attached hydrogens (tertiary/aromatic N) is 3. The normalized spacial score (nSPS) is 15.2. The van der Waals surface area contributed by atoms with Crippen molar-refractivity contribution in [1.29, 1.82) is 0 Å². The molecule has 7 heteroatoms. The molecule has 0 unspecified atom stereocenters. The van der Waals surface area contributed by atoms with Crippen LogP contribution in [0.4, 0.5) is 0 Å². The fourth-order valence-corrected chi connectivity index (χ4v) is 3.90. The molecule has 26 heavy (non-hydrogen) atoms. The van der Waals surface area contributed by atoms with Crippen molar-refractivity contribution in [3.63, 3.8) is 0 Å². The van der Waals surface area contributed by atoms with Gasteiger partial charge in [-0.05, 0) is 31.9 Å². The largest absolute Gasteiger partial charge is 0.451 e. The number of thiazole rings is 1. The molecule has 0 bridgehead atoms. The Bertz CT molecular complexity index is 753. The van der Waals surface area contributed by atoms with Crippen LogP contribution in [-0.2, 0) is 9.53 Å². The maximum atomic E-state index is 12.4. The standard InChI is InChI=1S/C19H23N3O3S/c1-14-17(26-18(21-14)15-9-5-6-10-20-15)19(24)25-13-16(23)22-11-7-3-2-4-8-12-22/h5-6,9-10H,2-4,7-8,11-13H2,1H3. The van der Waals surface area contributed by atoms with E-state index in [4.69, 9.17) is 4.74 Å². The molecule has 6 nitrogen and oxygen atoms in total. The molecule has 2 aromatic heterocycles. The average molecular weight is 373 g/mol. The Kier molecular flexibility index (Phi) is 6.33. The van der Waals surface area contributed by atoms with Crippen molar-refractivity contribution >= 4 is 23.2 Å². The summed E-state index contributed by atoms with van der Waals surface area (Å²) in [6.07, 6.45) is 7.26. The summed E-state index contributed by atoms with van der Waals surface area (Å²) in [5.41, 5.74) is 1.32. The Labute approximate surface area is 157 Å². The van der Waals surface area contributed by atoms with Crippen LogP contribution in [0.5, 0.6) is 0 Å². The molecule has 0 aromatic carbocycles. The van der Waals surface area contributed by atoms with Crippen molar-refractivity contribution in [2.24, 2.45) is 0 Å². The average Bonchev–Trinajstić information content (AvgIpc) is 3.02. The number of hydrogen-bond donors (Lipinski definition) is 0. The Balaban J connectivity index is 1.59. The van der Waals surface area contributed by atoms with Crippen LogP contribution in [0, 0.1) is 6.92 Å². The Morgan fingerprint density at radius 1 is 1.15 bits per heavy atom. The van der Waals surface area contributed by atoms with Crippen LogP contribution in [-0.4, -0.2) is 46.4 Å². The summed E-state index contributed by atoms with van der Waals surface area (Å²) in [6.45, 7) is 3.05. The molecule has 3 heterocycles. The second-order valence-corrected chi connectivity index (χ2v) is 7.37. The molecule has 1 amide bonds. The minimum atomic E-state index is -0.498. The first-order chi connectivity index (χ1) is 12.6. The number of pyridine rings is 1. The molecular weight excluding hydrogens is 350 g/mol. The number of aromatic nitrogens is 2. The predicted molar refractivity (Wildman–Crippen MR) is 100 cm³/mol. The quantitative estimate of drug-likeness (QED) is 0.768. The van der Waals surface area contributed by atoms with Crippen molar-refractivity contribution in [2.45, 2.75) is 39.0 Å². The minimum absolute atomic E-state index is 0.118. The second-order valence-electron chi connectivity index (χ2n) is 6.37. The van der Waals surface area contributed by atoms with E-state index in [2.05, 4.69) is 9.97 Å². The summed E-state index contributed by atoms with van der Waals surface area (Å²) in [7, 11) is 0. The lowest BCUT2D eigenvalue weighted by molar-refractivity contribution is -0.134. The fourth-order valence-electron chi connectivity index (χ4n) is 2.97. The molecule has 0 saturated carbocycles. The molecule has 1 saturated heterocycles. The molecule has 1 aliphatic heterocycles. The highest BCUT2D eigenvalue weighted by Crippen LogP contribution is 2.26. The third-order valence-electron chi connectivity index (χ3n) is 4.40. The molecule has 138 valence electrons. The van der Waals surface area contributed by atoms with Crippen LogP contribution in [0.2, 0.25) is 0 Å². The minimum Gasteiger partial charge on any atom is -0.451 e. The zero-order chi connectivity index (χ0) is 18.4. The van der Waals surface area contributed by atoms with Crippen LogP contribution in [0.3, 0.4) is 0 Å². The van der Waals surface area contributed by atoms with Gasteiger partial charge in [0.25, 0.3) is 5.91 Å². The molecule has 0 radical (unpaired) electrons. The zero-order valence-electron chi connectivity index (χ0n) is 14.9. The van der Waals surface area contributed by atoms with E-state index in [1.807, 2.05) is 23.1 Å². The maximum absolute atomic E-state index is 12.4. The van der Waals surface area contributed by atoms with Crippen LogP contribution < -0.4 is 0 Å². The van der Waals surface area contributed by atoms with Gasteiger partial charge in [0.2, 0.25) is 0 Å². The predicted octanol–water partition coefficient (Wildman–Crippen LogP) is 3.46. The maximum Gasteiger partial charge on any atom is 0.350 e. The number of aryl methyl sites for hydroxylation is 1. The highest BCUT2D eigenvalue weighted by Gasteiger charge is 2.21. The Hall–Kier alpha value is -2.28. The number of likely N-dealkylation sites (tertiary alicyclic amines) is 1. The van der Waals surface area contributed by atoms with Crippen LogP contribution >= 0.6 is 11.3 Å². The Morgan fingerprint density at radius 2 is 1.88 bits per heavy atom. The molecule has 0 aliphatic carbocycles. The third kappa shape index (κ3) is 4.66. The van der Waals surface area contributed by atoms with E-state index in [1.54, 1.807) is 13.1 Å². The van der Waals surface area contributed by atoms with Gasteiger partial charge in [0.15, 0.2) is 6.61 Å². The van der Waals surface area contributed by atoms with Gasteiger partial charge in [-0.3, -0.25) is 9.78 Å². The van der Waals surface area contributed by atoms with Gasteiger partial charge in [0, 0.05) is 19.3 Å². The Morgan fingerprint density at radius 3 is 2.58 bits per heavy atom. The van der Waals surface area contributed by atoms with Gasteiger partial charge in [-0.2, -0.15) is 0 Å². The highest BCUT2D eigenvalue weighted by atomic mass is 32.1. The molecule has 0 spiro atoms. The summed E-state index contributed by atoms with van der Waals surface area (Å²) in [4.78, 5) is 35.6. The molecule has 2 aromatic rings. The van der Waals surface area contributed by atoms with Gasteiger partial charge in [0.05, 0.1) is 11.4 Å². The van der Waals surface area contributed by atoms with Crippen molar-refractivity contribution < 1.29 is 14.3 Å². The smallest absolute Gasteiger partial charge is 0.350 e. The first-order valence-corrected chi connectivity index (χ1v) is 9.80. The van der Waals surface area contributed by atoms with Crippen molar-refractivity contribution in [3.05, 3.63) is 35.0 Å². The van der Waals surface area contributed by atoms with E-state index in [9.17, 15) is 9.59 Å². The van der Waals surface area contributed by atoms with E-state index >= 15 is 0 Å². The lowest BCUT2D eigenvalue weighted by Crippen LogP contribution is -2.36. The van der Waals surface area contributed by atoms with E-state index in [1.165, 1.54) is 17.8 Å². The molecule has 1 fully saturated rings. The molecule has 1 aliphatic rings. The molecule has 0 atom stereocenters. The van der Waals surface area contributed by atoms with Gasteiger partial charge in [0.1, 0.15) is 9.88 Å². The number of ether oxygens (including phenoxy) is 1. The van der Waals surface area contributed by atoms with E-state index in [0.29, 0.717) is 15.6 Å². The van der Waals surface area contributed by atoms with Gasteiger partial charge in [-0.25, -0.2) is 9.78 Å². The first-order valence-electron chi connectivity index (χ1n) is 8.99. The van der Waals surface area contributed by atoms with Crippen molar-refractivity contribution in [1.82, 2.24) is 14.9 Å². The topological polar surface area (TPSA) is 72.4 Å².